The molecule has 1 aromatic heterocycles. The van der Waals surface area contributed by atoms with Gasteiger partial charge in [0.05, 0.1) is 11.0 Å². The number of amides is 1. The number of fused-ring (bicyclic) bond motifs is 1. The summed E-state index contributed by atoms with van der Waals surface area (Å²) in [5.41, 5.74) is 4.88. The number of hydrogen-bond acceptors (Lipinski definition) is 2. The van der Waals surface area contributed by atoms with Gasteiger partial charge in [0.25, 0.3) is 5.91 Å². The van der Waals surface area contributed by atoms with E-state index in [0.717, 1.165) is 28.0 Å². The fourth-order valence-corrected chi connectivity index (χ4v) is 2.55. The average molecular weight is 293 g/mol. The Hall–Kier alpha value is -2.62. The number of aromatic nitrogens is 2. The van der Waals surface area contributed by atoms with Gasteiger partial charge in [-0.1, -0.05) is 23.8 Å². The topological polar surface area (TPSA) is 46.9 Å². The second-order valence-corrected chi connectivity index (χ2v) is 5.59. The first kappa shape index (κ1) is 14.3. The van der Waals surface area contributed by atoms with Gasteiger partial charge in [-0.2, -0.15) is 0 Å². The summed E-state index contributed by atoms with van der Waals surface area (Å²) in [6.45, 7) is 4.46. The highest BCUT2D eigenvalue weighted by atomic mass is 16.1. The molecule has 0 aliphatic heterocycles. The van der Waals surface area contributed by atoms with Crippen molar-refractivity contribution in [3.05, 3.63) is 65.0 Å². The van der Waals surface area contributed by atoms with Crippen LogP contribution in [0.25, 0.3) is 11.0 Å². The van der Waals surface area contributed by atoms with Gasteiger partial charge in [0.2, 0.25) is 0 Å². The number of rotatable bonds is 3. The monoisotopic (exact) mass is 293 g/mol. The molecule has 1 N–H and O–H groups in total. The van der Waals surface area contributed by atoms with Crippen molar-refractivity contribution in [3.8, 4) is 0 Å². The first-order valence-corrected chi connectivity index (χ1v) is 7.31. The summed E-state index contributed by atoms with van der Waals surface area (Å²) >= 11 is 0. The largest absolute Gasteiger partial charge is 0.348 e. The molecule has 0 aliphatic rings. The Labute approximate surface area is 129 Å². The fourth-order valence-electron chi connectivity index (χ4n) is 2.55. The third-order valence-corrected chi connectivity index (χ3v) is 3.90. The summed E-state index contributed by atoms with van der Waals surface area (Å²) in [7, 11) is 2.00. The molecule has 4 heteroatoms. The second-order valence-electron chi connectivity index (χ2n) is 5.59. The van der Waals surface area contributed by atoms with E-state index < -0.39 is 0 Å². The van der Waals surface area contributed by atoms with Crippen LogP contribution in [0.2, 0.25) is 0 Å². The fraction of sp³-hybridized carbons (Fsp3) is 0.222. The number of benzene rings is 2. The Kier molecular flexibility index (Phi) is 3.67. The molecular formula is C18H19N3O. The predicted molar refractivity (Wildman–Crippen MR) is 87.8 cm³/mol. The van der Waals surface area contributed by atoms with Crippen molar-refractivity contribution in [2.75, 3.05) is 0 Å². The van der Waals surface area contributed by atoms with Crippen LogP contribution in [0, 0.1) is 13.8 Å². The van der Waals surface area contributed by atoms with Gasteiger partial charge in [-0.15, -0.1) is 0 Å². The van der Waals surface area contributed by atoms with E-state index in [1.54, 1.807) is 0 Å². The van der Waals surface area contributed by atoms with E-state index in [1.165, 1.54) is 0 Å². The standard InChI is InChI=1S/C18H19N3O/c1-12-5-4-6-15(9-12)18(22)19-11-14-7-8-17-16(10-14)20-13(2)21(17)3/h4-10H,11H2,1-3H3,(H,19,22). The molecule has 0 saturated heterocycles. The summed E-state index contributed by atoms with van der Waals surface area (Å²) in [5.74, 6) is 0.928. The smallest absolute Gasteiger partial charge is 0.251 e. The third-order valence-electron chi connectivity index (χ3n) is 3.90. The van der Waals surface area contributed by atoms with Crippen LogP contribution in [0.15, 0.2) is 42.5 Å². The van der Waals surface area contributed by atoms with E-state index >= 15 is 0 Å². The molecule has 2 aromatic carbocycles. The molecule has 1 heterocycles. The molecule has 3 aromatic rings. The summed E-state index contributed by atoms with van der Waals surface area (Å²) in [6.07, 6.45) is 0. The number of hydrogen-bond donors (Lipinski definition) is 1. The van der Waals surface area contributed by atoms with Crippen LogP contribution >= 0.6 is 0 Å². The second kappa shape index (κ2) is 5.64. The predicted octanol–water partition coefficient (Wildman–Crippen LogP) is 3.12. The highest BCUT2D eigenvalue weighted by molar-refractivity contribution is 5.94. The zero-order chi connectivity index (χ0) is 15.7. The van der Waals surface area contributed by atoms with Gasteiger partial charge < -0.3 is 9.88 Å². The van der Waals surface area contributed by atoms with Crippen molar-refractivity contribution >= 4 is 16.9 Å². The van der Waals surface area contributed by atoms with Gasteiger partial charge in [-0.05, 0) is 43.7 Å². The minimum atomic E-state index is -0.0546. The lowest BCUT2D eigenvalue weighted by Gasteiger charge is -2.06. The Morgan fingerprint density at radius 1 is 1.18 bits per heavy atom. The minimum absolute atomic E-state index is 0.0546. The lowest BCUT2D eigenvalue weighted by Crippen LogP contribution is -2.22. The van der Waals surface area contributed by atoms with Crippen molar-refractivity contribution in [2.45, 2.75) is 20.4 Å². The van der Waals surface area contributed by atoms with Gasteiger partial charge in [0.15, 0.2) is 0 Å². The molecule has 0 spiro atoms. The van der Waals surface area contributed by atoms with Crippen molar-refractivity contribution in [3.63, 3.8) is 0 Å². The highest BCUT2D eigenvalue weighted by Crippen LogP contribution is 2.16. The number of carbonyl (C=O) groups excluding carboxylic acids is 1. The molecule has 0 aliphatic carbocycles. The number of imidazole rings is 1. The van der Waals surface area contributed by atoms with Gasteiger partial charge in [0.1, 0.15) is 5.82 Å². The van der Waals surface area contributed by atoms with Crippen molar-refractivity contribution in [1.29, 1.82) is 0 Å². The lowest BCUT2D eigenvalue weighted by molar-refractivity contribution is 0.0951. The van der Waals surface area contributed by atoms with Crippen LogP contribution in [-0.2, 0) is 13.6 Å². The molecule has 0 radical (unpaired) electrons. The Morgan fingerprint density at radius 3 is 2.77 bits per heavy atom. The van der Waals surface area contributed by atoms with E-state index in [4.69, 9.17) is 0 Å². The van der Waals surface area contributed by atoms with Crippen LogP contribution in [-0.4, -0.2) is 15.5 Å². The quantitative estimate of drug-likeness (QED) is 0.806. The molecule has 0 atom stereocenters. The Balaban J connectivity index is 1.75. The molecule has 4 nitrogen and oxygen atoms in total. The Bertz CT molecular complexity index is 849. The number of carbonyl (C=O) groups is 1. The summed E-state index contributed by atoms with van der Waals surface area (Å²) in [5, 5.41) is 2.96. The number of nitrogens with zero attached hydrogens (tertiary/aromatic N) is 2. The SMILES string of the molecule is Cc1cccc(C(=O)NCc2ccc3c(c2)nc(C)n3C)c1. The van der Waals surface area contributed by atoms with E-state index in [1.807, 2.05) is 63.4 Å². The van der Waals surface area contributed by atoms with Gasteiger partial charge >= 0.3 is 0 Å². The molecule has 112 valence electrons. The van der Waals surface area contributed by atoms with E-state index in [0.29, 0.717) is 12.1 Å². The highest BCUT2D eigenvalue weighted by Gasteiger charge is 2.07. The maximum Gasteiger partial charge on any atom is 0.251 e. The average Bonchev–Trinajstić information content (AvgIpc) is 2.79. The maximum atomic E-state index is 12.2. The van der Waals surface area contributed by atoms with Crippen LogP contribution in [0.5, 0.6) is 0 Å². The van der Waals surface area contributed by atoms with Crippen LogP contribution in [0.1, 0.15) is 27.3 Å². The summed E-state index contributed by atoms with van der Waals surface area (Å²) < 4.78 is 2.06. The zero-order valence-electron chi connectivity index (χ0n) is 13.1. The van der Waals surface area contributed by atoms with Crippen molar-refractivity contribution in [2.24, 2.45) is 7.05 Å². The van der Waals surface area contributed by atoms with Crippen LogP contribution < -0.4 is 5.32 Å². The zero-order valence-corrected chi connectivity index (χ0v) is 13.1. The van der Waals surface area contributed by atoms with Gasteiger partial charge in [-0.3, -0.25) is 4.79 Å². The normalized spacial score (nSPS) is 10.9. The van der Waals surface area contributed by atoms with E-state index in [2.05, 4.69) is 14.9 Å². The Morgan fingerprint density at radius 2 is 2.00 bits per heavy atom. The van der Waals surface area contributed by atoms with Crippen molar-refractivity contribution in [1.82, 2.24) is 14.9 Å². The van der Waals surface area contributed by atoms with Gasteiger partial charge in [0, 0.05) is 19.2 Å². The molecule has 0 saturated carbocycles. The minimum Gasteiger partial charge on any atom is -0.348 e. The number of nitrogens with one attached hydrogen (secondary N) is 1. The molecule has 1 amide bonds. The molecule has 0 bridgehead atoms. The van der Waals surface area contributed by atoms with Crippen LogP contribution in [0.4, 0.5) is 0 Å². The van der Waals surface area contributed by atoms with Gasteiger partial charge in [-0.25, -0.2) is 4.98 Å². The number of aryl methyl sites for hydroxylation is 3. The van der Waals surface area contributed by atoms with Crippen molar-refractivity contribution < 1.29 is 4.79 Å². The first-order valence-electron chi connectivity index (χ1n) is 7.31. The van der Waals surface area contributed by atoms with E-state index in [-0.39, 0.29) is 5.91 Å². The summed E-state index contributed by atoms with van der Waals surface area (Å²) in [4.78, 5) is 16.7. The van der Waals surface area contributed by atoms with Crippen LogP contribution in [0.3, 0.4) is 0 Å². The molecule has 22 heavy (non-hydrogen) atoms. The summed E-state index contributed by atoms with van der Waals surface area (Å²) in [6, 6.07) is 13.7. The first-order chi connectivity index (χ1) is 10.5. The molecule has 0 unspecified atom stereocenters. The molecule has 0 fully saturated rings. The third kappa shape index (κ3) is 2.72. The maximum absolute atomic E-state index is 12.2. The molecule has 3 rings (SSSR count). The lowest BCUT2D eigenvalue weighted by atomic mass is 10.1. The van der Waals surface area contributed by atoms with E-state index in [9.17, 15) is 4.79 Å². The molecular weight excluding hydrogens is 274 g/mol.